The summed E-state index contributed by atoms with van der Waals surface area (Å²) >= 11 is 3.58. The average Bonchev–Trinajstić information content (AvgIpc) is 2.43. The van der Waals surface area contributed by atoms with E-state index in [4.69, 9.17) is 4.74 Å². The van der Waals surface area contributed by atoms with Crippen molar-refractivity contribution in [1.29, 1.82) is 0 Å². The number of fused-ring (bicyclic) bond motifs is 1. The lowest BCUT2D eigenvalue weighted by molar-refractivity contribution is 0.0695. The predicted molar refractivity (Wildman–Crippen MR) is 56.8 cm³/mol. The molecule has 13 heavy (non-hydrogen) atoms. The van der Waals surface area contributed by atoms with Crippen molar-refractivity contribution >= 4 is 15.9 Å². The van der Waals surface area contributed by atoms with Crippen LogP contribution in [0.4, 0.5) is 0 Å². The lowest BCUT2D eigenvalue weighted by Crippen LogP contribution is -2.04. The third-order valence-corrected chi connectivity index (χ3v) is 3.50. The van der Waals surface area contributed by atoms with Gasteiger partial charge in [-0.25, -0.2) is 0 Å². The minimum absolute atomic E-state index is 0.285. The summed E-state index contributed by atoms with van der Waals surface area (Å²) in [6.45, 7) is 2.24. The predicted octanol–water partition coefficient (Wildman–Crippen LogP) is 3.33. The highest BCUT2D eigenvalue weighted by Gasteiger charge is 2.30. The maximum absolute atomic E-state index is 5.48. The first kappa shape index (κ1) is 9.22. The summed E-state index contributed by atoms with van der Waals surface area (Å²) < 4.78 is 6.70. The summed E-state index contributed by atoms with van der Waals surface area (Å²) in [5, 5.41) is 0. The molecule has 1 aliphatic rings. The van der Waals surface area contributed by atoms with Crippen LogP contribution in [0.5, 0.6) is 0 Å². The van der Waals surface area contributed by atoms with E-state index in [9.17, 15) is 0 Å². The summed E-state index contributed by atoms with van der Waals surface area (Å²) in [6, 6.07) is 6.34. The van der Waals surface area contributed by atoms with Gasteiger partial charge in [-0.2, -0.15) is 0 Å². The Hall–Kier alpha value is -0.340. The van der Waals surface area contributed by atoms with Gasteiger partial charge < -0.3 is 4.74 Å². The van der Waals surface area contributed by atoms with Crippen LogP contribution >= 0.6 is 15.9 Å². The van der Waals surface area contributed by atoms with Gasteiger partial charge in [0.25, 0.3) is 0 Å². The summed E-state index contributed by atoms with van der Waals surface area (Å²) in [6.07, 6.45) is 1.41. The molecule has 2 atom stereocenters. The van der Waals surface area contributed by atoms with E-state index < -0.39 is 0 Å². The number of hydrogen-bond acceptors (Lipinski definition) is 1. The number of benzene rings is 1. The third kappa shape index (κ3) is 1.42. The molecule has 0 spiro atoms. The molecular weight excluding hydrogens is 228 g/mol. The van der Waals surface area contributed by atoms with Crippen LogP contribution in [0.1, 0.15) is 24.2 Å². The molecule has 70 valence electrons. The van der Waals surface area contributed by atoms with Crippen molar-refractivity contribution in [3.8, 4) is 0 Å². The molecule has 1 aliphatic carbocycles. The Morgan fingerprint density at radius 1 is 1.46 bits per heavy atom. The van der Waals surface area contributed by atoms with Crippen LogP contribution in [-0.2, 0) is 11.2 Å². The van der Waals surface area contributed by atoms with Crippen LogP contribution in [0, 0.1) is 5.92 Å². The molecule has 2 rings (SSSR count). The van der Waals surface area contributed by atoms with E-state index in [1.165, 1.54) is 15.6 Å². The zero-order valence-electron chi connectivity index (χ0n) is 7.88. The molecule has 0 amide bonds. The molecule has 2 heteroatoms. The van der Waals surface area contributed by atoms with Crippen LogP contribution in [-0.4, -0.2) is 7.11 Å². The van der Waals surface area contributed by atoms with Crippen molar-refractivity contribution in [1.82, 2.24) is 0 Å². The van der Waals surface area contributed by atoms with Gasteiger partial charge in [0.1, 0.15) is 0 Å². The molecule has 0 aromatic heterocycles. The lowest BCUT2D eigenvalue weighted by Gasteiger charge is -2.13. The standard InChI is InChI=1S/C11H13BrO/c1-7-6-9-8(11(7)13-2)4-3-5-10(9)12/h3-5,7,11H,6H2,1-2H3/t7-,11?/m1/s1. The highest BCUT2D eigenvalue weighted by molar-refractivity contribution is 9.10. The molecule has 0 saturated heterocycles. The Kier molecular flexibility index (Phi) is 2.43. The van der Waals surface area contributed by atoms with Gasteiger partial charge in [0.15, 0.2) is 0 Å². The molecule has 0 heterocycles. The SMILES string of the molecule is COC1c2cccc(Br)c2C[C@H]1C. The number of methoxy groups -OCH3 is 1. The Morgan fingerprint density at radius 2 is 2.23 bits per heavy atom. The Bertz CT molecular complexity index is 322. The molecule has 1 aromatic carbocycles. The van der Waals surface area contributed by atoms with Crippen molar-refractivity contribution in [3.05, 3.63) is 33.8 Å². The third-order valence-electron chi connectivity index (χ3n) is 2.76. The highest BCUT2D eigenvalue weighted by Crippen LogP contribution is 2.40. The van der Waals surface area contributed by atoms with Gasteiger partial charge in [-0.1, -0.05) is 35.0 Å². The van der Waals surface area contributed by atoms with E-state index in [2.05, 4.69) is 41.1 Å². The van der Waals surface area contributed by atoms with Crippen molar-refractivity contribution in [2.24, 2.45) is 5.92 Å². The normalized spacial score (nSPS) is 26.1. The molecule has 0 fully saturated rings. The van der Waals surface area contributed by atoms with Crippen LogP contribution in [0.3, 0.4) is 0 Å². The molecule has 1 aromatic rings. The van der Waals surface area contributed by atoms with Gasteiger partial charge in [0, 0.05) is 11.6 Å². The number of rotatable bonds is 1. The molecule has 1 unspecified atom stereocenters. The molecular formula is C11H13BrO. The second kappa shape index (κ2) is 3.43. The van der Waals surface area contributed by atoms with Crippen molar-refractivity contribution < 1.29 is 4.74 Å². The van der Waals surface area contributed by atoms with E-state index >= 15 is 0 Å². The first-order valence-electron chi connectivity index (χ1n) is 4.54. The van der Waals surface area contributed by atoms with Gasteiger partial charge in [-0.05, 0) is 29.5 Å². The highest BCUT2D eigenvalue weighted by atomic mass is 79.9. The van der Waals surface area contributed by atoms with Crippen LogP contribution in [0.25, 0.3) is 0 Å². The smallest absolute Gasteiger partial charge is 0.0852 e. The quantitative estimate of drug-likeness (QED) is 0.732. The minimum Gasteiger partial charge on any atom is -0.376 e. The Morgan fingerprint density at radius 3 is 2.92 bits per heavy atom. The Labute approximate surface area is 87.2 Å². The van der Waals surface area contributed by atoms with Gasteiger partial charge in [0.05, 0.1) is 6.10 Å². The summed E-state index contributed by atoms with van der Waals surface area (Å²) in [5.41, 5.74) is 2.77. The van der Waals surface area contributed by atoms with Gasteiger partial charge in [-0.15, -0.1) is 0 Å². The van der Waals surface area contributed by atoms with E-state index in [1.54, 1.807) is 7.11 Å². The fourth-order valence-electron chi connectivity index (χ4n) is 2.15. The van der Waals surface area contributed by atoms with E-state index in [0.29, 0.717) is 5.92 Å². The van der Waals surface area contributed by atoms with Gasteiger partial charge in [-0.3, -0.25) is 0 Å². The van der Waals surface area contributed by atoms with Crippen molar-refractivity contribution in [2.45, 2.75) is 19.4 Å². The van der Waals surface area contributed by atoms with Gasteiger partial charge in [0.2, 0.25) is 0 Å². The van der Waals surface area contributed by atoms with E-state index in [1.807, 2.05) is 0 Å². The van der Waals surface area contributed by atoms with Crippen molar-refractivity contribution in [2.75, 3.05) is 7.11 Å². The topological polar surface area (TPSA) is 9.23 Å². The zero-order chi connectivity index (χ0) is 9.42. The van der Waals surface area contributed by atoms with Crippen LogP contribution < -0.4 is 0 Å². The summed E-state index contributed by atoms with van der Waals surface area (Å²) in [5.74, 6) is 0.596. The number of hydrogen-bond donors (Lipinski definition) is 0. The molecule has 0 saturated carbocycles. The second-order valence-corrected chi connectivity index (χ2v) is 4.50. The molecule has 0 radical (unpaired) electrons. The maximum Gasteiger partial charge on any atom is 0.0852 e. The van der Waals surface area contributed by atoms with E-state index in [0.717, 1.165) is 6.42 Å². The summed E-state index contributed by atoms with van der Waals surface area (Å²) in [4.78, 5) is 0. The van der Waals surface area contributed by atoms with Crippen LogP contribution in [0.15, 0.2) is 22.7 Å². The maximum atomic E-state index is 5.48. The summed E-state index contributed by atoms with van der Waals surface area (Å²) in [7, 11) is 1.79. The Balaban J connectivity index is 2.48. The number of halogens is 1. The molecule has 1 nitrogen and oxygen atoms in total. The van der Waals surface area contributed by atoms with E-state index in [-0.39, 0.29) is 6.10 Å². The fraction of sp³-hybridized carbons (Fsp3) is 0.455. The molecule has 0 bridgehead atoms. The van der Waals surface area contributed by atoms with Gasteiger partial charge >= 0.3 is 0 Å². The first-order valence-corrected chi connectivity index (χ1v) is 5.33. The fourth-order valence-corrected chi connectivity index (χ4v) is 2.70. The largest absolute Gasteiger partial charge is 0.376 e. The monoisotopic (exact) mass is 240 g/mol. The van der Waals surface area contributed by atoms with Crippen LogP contribution in [0.2, 0.25) is 0 Å². The lowest BCUT2D eigenvalue weighted by atomic mass is 10.1. The van der Waals surface area contributed by atoms with Crippen molar-refractivity contribution in [3.63, 3.8) is 0 Å². The number of ether oxygens (including phenoxy) is 1. The minimum atomic E-state index is 0.285. The second-order valence-electron chi connectivity index (χ2n) is 3.65. The first-order chi connectivity index (χ1) is 6.24. The zero-order valence-corrected chi connectivity index (χ0v) is 9.47. The molecule has 0 aliphatic heterocycles. The molecule has 0 N–H and O–H groups in total. The average molecular weight is 241 g/mol.